The van der Waals surface area contributed by atoms with Crippen LogP contribution in [0.5, 0.6) is 0 Å². The summed E-state index contributed by atoms with van der Waals surface area (Å²) in [5, 5.41) is 2.83. The van der Waals surface area contributed by atoms with Gasteiger partial charge in [0.25, 0.3) is 11.8 Å². The third-order valence-electron chi connectivity index (χ3n) is 7.43. The predicted molar refractivity (Wildman–Crippen MR) is 143 cm³/mol. The monoisotopic (exact) mass is 616 g/mol. The van der Waals surface area contributed by atoms with Crippen molar-refractivity contribution in [3.05, 3.63) is 63.4 Å². The lowest BCUT2D eigenvalue weighted by molar-refractivity contribution is -0.139. The van der Waals surface area contributed by atoms with Gasteiger partial charge >= 0.3 is 12.2 Å². The number of benzene rings is 2. The van der Waals surface area contributed by atoms with Crippen molar-refractivity contribution >= 4 is 52.6 Å². The standard InChI is InChI=1S/C27H26Cl2F4N4O4/c1-14(2)21(34-22(38)17-12-15(27(31,32)33)4-7-20(17)30)23(39)36-10-8-26(9-11-36)24(40)35(3)25(41)37(26)16-5-6-18(28)19(29)13-16/h4-7,12-14,21H,8-11H2,1-3H3,(H,34,38)/t21-/m1/s1. The van der Waals surface area contributed by atoms with Gasteiger partial charge < -0.3 is 10.2 Å². The Morgan fingerprint density at radius 3 is 2.20 bits per heavy atom. The maximum absolute atomic E-state index is 14.3. The first-order valence-corrected chi connectivity index (χ1v) is 13.4. The van der Waals surface area contributed by atoms with E-state index in [1.165, 1.54) is 29.0 Å². The fourth-order valence-electron chi connectivity index (χ4n) is 5.15. The minimum Gasteiger partial charge on any atom is -0.341 e. The van der Waals surface area contributed by atoms with Crippen LogP contribution >= 0.6 is 23.2 Å². The highest BCUT2D eigenvalue weighted by atomic mass is 35.5. The molecule has 0 unspecified atom stereocenters. The van der Waals surface area contributed by atoms with Crippen molar-refractivity contribution in [2.24, 2.45) is 5.92 Å². The van der Waals surface area contributed by atoms with Crippen LogP contribution < -0.4 is 10.2 Å². The Morgan fingerprint density at radius 1 is 1.00 bits per heavy atom. The van der Waals surface area contributed by atoms with E-state index >= 15 is 0 Å². The average molecular weight is 617 g/mol. The van der Waals surface area contributed by atoms with Crippen molar-refractivity contribution in [2.75, 3.05) is 25.0 Å². The zero-order chi connectivity index (χ0) is 30.4. The number of likely N-dealkylation sites (N-methyl/N-ethyl adjacent to an activating group) is 1. The molecule has 0 aromatic heterocycles. The molecular formula is C27H26Cl2F4N4O4. The van der Waals surface area contributed by atoms with Gasteiger partial charge in [-0.25, -0.2) is 9.18 Å². The van der Waals surface area contributed by atoms with Gasteiger partial charge in [0, 0.05) is 25.8 Å². The lowest BCUT2D eigenvalue weighted by Crippen LogP contribution is -2.60. The number of piperidine rings is 1. The highest BCUT2D eigenvalue weighted by Crippen LogP contribution is 2.42. The molecule has 8 nitrogen and oxygen atoms in total. The molecule has 2 aliphatic heterocycles. The van der Waals surface area contributed by atoms with Gasteiger partial charge in [0.2, 0.25) is 5.91 Å². The first kappa shape index (κ1) is 30.6. The highest BCUT2D eigenvalue weighted by Gasteiger charge is 2.58. The number of anilines is 1. The molecule has 1 spiro atoms. The summed E-state index contributed by atoms with van der Waals surface area (Å²) in [7, 11) is 1.36. The number of imide groups is 1. The van der Waals surface area contributed by atoms with Crippen molar-refractivity contribution in [1.29, 1.82) is 0 Å². The summed E-state index contributed by atoms with van der Waals surface area (Å²) in [5.41, 5.74) is -2.98. The summed E-state index contributed by atoms with van der Waals surface area (Å²) < 4.78 is 53.7. The molecule has 2 saturated heterocycles. The van der Waals surface area contributed by atoms with Crippen molar-refractivity contribution in [3.8, 4) is 0 Å². The summed E-state index contributed by atoms with van der Waals surface area (Å²) in [6, 6.07) is 4.25. The van der Waals surface area contributed by atoms with Crippen molar-refractivity contribution in [1.82, 2.24) is 15.1 Å². The third kappa shape index (κ3) is 5.59. The number of nitrogens with one attached hydrogen (secondary N) is 1. The molecule has 4 rings (SSSR count). The summed E-state index contributed by atoms with van der Waals surface area (Å²) in [6.07, 6.45) is -4.66. The van der Waals surface area contributed by atoms with E-state index in [2.05, 4.69) is 5.32 Å². The van der Waals surface area contributed by atoms with Gasteiger partial charge in [0.15, 0.2) is 0 Å². The van der Waals surface area contributed by atoms with Crippen LogP contribution in [0.3, 0.4) is 0 Å². The molecular weight excluding hydrogens is 591 g/mol. The number of urea groups is 1. The zero-order valence-corrected chi connectivity index (χ0v) is 23.7. The topological polar surface area (TPSA) is 90.0 Å². The minimum absolute atomic E-state index is 0.0283. The van der Waals surface area contributed by atoms with Crippen LogP contribution in [0.4, 0.5) is 28.0 Å². The second-order valence-electron chi connectivity index (χ2n) is 10.3. The van der Waals surface area contributed by atoms with Gasteiger partial charge in [-0.1, -0.05) is 37.0 Å². The van der Waals surface area contributed by atoms with Crippen LogP contribution in [-0.4, -0.2) is 65.3 Å². The third-order valence-corrected chi connectivity index (χ3v) is 8.17. The van der Waals surface area contributed by atoms with Gasteiger partial charge in [-0.05, 0) is 55.2 Å². The summed E-state index contributed by atoms with van der Waals surface area (Å²) in [5.74, 6) is -3.85. The van der Waals surface area contributed by atoms with E-state index in [0.717, 1.165) is 4.90 Å². The highest BCUT2D eigenvalue weighted by molar-refractivity contribution is 6.42. The Morgan fingerprint density at radius 2 is 1.63 bits per heavy atom. The van der Waals surface area contributed by atoms with E-state index in [1.54, 1.807) is 19.9 Å². The van der Waals surface area contributed by atoms with Gasteiger partial charge in [-0.2, -0.15) is 13.2 Å². The Balaban J connectivity index is 1.54. The molecule has 1 N–H and O–H groups in total. The van der Waals surface area contributed by atoms with Crippen LogP contribution in [0.2, 0.25) is 10.0 Å². The SMILES string of the molecule is CC(C)[C@@H](NC(=O)c1cc(C(F)(F)F)ccc1F)C(=O)N1CCC2(CC1)C(=O)N(C)C(=O)N2c1ccc(Cl)c(Cl)c1. The fraction of sp³-hybridized carbons (Fsp3) is 0.407. The predicted octanol–water partition coefficient (Wildman–Crippen LogP) is 5.37. The van der Waals surface area contributed by atoms with Crippen molar-refractivity contribution < 1.29 is 36.7 Å². The van der Waals surface area contributed by atoms with E-state index in [-0.39, 0.29) is 36.0 Å². The van der Waals surface area contributed by atoms with Crippen LogP contribution in [0.1, 0.15) is 42.6 Å². The second kappa shape index (κ2) is 11.1. The smallest absolute Gasteiger partial charge is 0.341 e. The summed E-state index contributed by atoms with van der Waals surface area (Å²) >= 11 is 12.2. The zero-order valence-electron chi connectivity index (χ0n) is 22.2. The molecule has 0 bridgehead atoms. The van der Waals surface area contributed by atoms with Crippen LogP contribution in [0.15, 0.2) is 36.4 Å². The number of halogens is 6. The first-order chi connectivity index (χ1) is 19.1. The van der Waals surface area contributed by atoms with Gasteiger partial charge in [0.05, 0.1) is 21.2 Å². The molecule has 14 heteroatoms. The molecule has 2 aromatic rings. The van der Waals surface area contributed by atoms with E-state index in [9.17, 15) is 36.7 Å². The number of likely N-dealkylation sites (tertiary alicyclic amines) is 1. The Bertz CT molecular complexity index is 1410. The summed E-state index contributed by atoms with van der Waals surface area (Å²) in [6.45, 7) is 3.30. The lowest BCUT2D eigenvalue weighted by Gasteiger charge is -2.43. The largest absolute Gasteiger partial charge is 0.416 e. The van der Waals surface area contributed by atoms with Crippen molar-refractivity contribution in [3.63, 3.8) is 0 Å². The molecule has 2 fully saturated rings. The maximum atomic E-state index is 14.3. The first-order valence-electron chi connectivity index (χ1n) is 12.6. The number of alkyl halides is 3. The number of rotatable bonds is 5. The number of carbonyl (C=O) groups is 4. The second-order valence-corrected chi connectivity index (χ2v) is 11.1. The molecule has 5 amide bonds. The quantitative estimate of drug-likeness (QED) is 0.361. The van der Waals surface area contributed by atoms with E-state index in [1.807, 2.05) is 0 Å². The molecule has 2 aliphatic rings. The van der Waals surface area contributed by atoms with E-state index in [4.69, 9.17) is 23.2 Å². The van der Waals surface area contributed by atoms with Gasteiger partial charge in [0.1, 0.15) is 17.4 Å². The van der Waals surface area contributed by atoms with E-state index in [0.29, 0.717) is 23.9 Å². The summed E-state index contributed by atoms with van der Waals surface area (Å²) in [4.78, 5) is 56.5. The van der Waals surface area contributed by atoms with Gasteiger partial charge in [-0.15, -0.1) is 0 Å². The molecule has 2 heterocycles. The minimum atomic E-state index is -4.79. The fourth-order valence-corrected chi connectivity index (χ4v) is 5.44. The number of hydrogen-bond donors (Lipinski definition) is 1. The van der Waals surface area contributed by atoms with Crippen LogP contribution in [0, 0.1) is 11.7 Å². The molecule has 220 valence electrons. The molecule has 0 radical (unpaired) electrons. The number of nitrogens with zero attached hydrogens (tertiary/aromatic N) is 3. The Labute approximate surface area is 243 Å². The number of hydrogen-bond acceptors (Lipinski definition) is 4. The number of amides is 5. The molecule has 41 heavy (non-hydrogen) atoms. The van der Waals surface area contributed by atoms with Crippen LogP contribution in [0.25, 0.3) is 0 Å². The van der Waals surface area contributed by atoms with Gasteiger partial charge in [-0.3, -0.25) is 24.2 Å². The van der Waals surface area contributed by atoms with E-state index < -0.39 is 64.4 Å². The molecule has 1 atom stereocenters. The molecule has 2 aromatic carbocycles. The average Bonchev–Trinajstić information content (AvgIpc) is 3.08. The normalized spacial score (nSPS) is 18.0. The van der Waals surface area contributed by atoms with Crippen molar-refractivity contribution in [2.45, 2.75) is 44.4 Å². The molecule has 0 aliphatic carbocycles. The maximum Gasteiger partial charge on any atom is 0.416 e. The number of carbonyl (C=O) groups excluding carboxylic acids is 4. The Kier molecular flexibility index (Phi) is 8.30. The van der Waals surface area contributed by atoms with Crippen LogP contribution in [-0.2, 0) is 15.8 Å². The Hall–Kier alpha value is -3.38. The molecule has 0 saturated carbocycles. The lowest BCUT2D eigenvalue weighted by atomic mass is 9.85.